The van der Waals surface area contributed by atoms with Crippen LogP contribution < -0.4 is 5.73 Å². The van der Waals surface area contributed by atoms with Crippen molar-refractivity contribution in [2.75, 3.05) is 5.73 Å². The highest BCUT2D eigenvalue weighted by atomic mass is 35.5. The molecule has 0 spiro atoms. The molecule has 2 aromatic rings. The van der Waals surface area contributed by atoms with E-state index in [0.717, 1.165) is 12.1 Å². The van der Waals surface area contributed by atoms with Crippen LogP contribution in [-0.4, -0.2) is 9.55 Å². The number of rotatable bonds is 1. The first kappa shape index (κ1) is 11.8. The summed E-state index contributed by atoms with van der Waals surface area (Å²) < 4.78 is 39.0. The molecule has 0 aliphatic carbocycles. The number of nitrogen functional groups attached to an aromatic ring is 1. The quantitative estimate of drug-likeness (QED) is 0.857. The Morgan fingerprint density at radius 1 is 1.24 bits per heavy atom. The first-order valence-corrected chi connectivity index (χ1v) is 4.93. The molecule has 1 heterocycles. The third-order valence-electron chi connectivity index (χ3n) is 2.16. The maximum atomic E-state index is 12.6. The Hall–Kier alpha value is -1.69. The third kappa shape index (κ3) is 2.36. The molecular formula is C10H7ClF3N3. The van der Waals surface area contributed by atoms with Crippen molar-refractivity contribution in [3.05, 3.63) is 41.2 Å². The fourth-order valence-electron chi connectivity index (χ4n) is 1.41. The Morgan fingerprint density at radius 3 is 2.47 bits per heavy atom. The number of anilines is 1. The number of hydrogen-bond acceptors (Lipinski definition) is 2. The average Bonchev–Trinajstić information content (AvgIpc) is 2.62. The van der Waals surface area contributed by atoms with E-state index >= 15 is 0 Å². The Balaban J connectivity index is 2.57. The van der Waals surface area contributed by atoms with Crippen LogP contribution in [0.25, 0.3) is 5.69 Å². The molecule has 90 valence electrons. The normalized spacial score (nSPS) is 11.8. The number of nitrogens with zero attached hydrogens (tertiary/aromatic N) is 2. The second kappa shape index (κ2) is 3.96. The molecule has 0 fully saturated rings. The van der Waals surface area contributed by atoms with Crippen LogP contribution in [0.15, 0.2) is 30.6 Å². The number of alkyl halides is 3. The molecule has 7 heteroatoms. The van der Waals surface area contributed by atoms with Gasteiger partial charge in [-0.05, 0) is 18.2 Å². The predicted molar refractivity (Wildman–Crippen MR) is 58.0 cm³/mol. The van der Waals surface area contributed by atoms with Crippen LogP contribution in [0.3, 0.4) is 0 Å². The fourth-order valence-corrected chi connectivity index (χ4v) is 1.64. The van der Waals surface area contributed by atoms with E-state index < -0.39 is 11.7 Å². The minimum Gasteiger partial charge on any atom is -0.369 e. The molecule has 0 aliphatic rings. The number of aromatic nitrogens is 2. The maximum Gasteiger partial charge on any atom is 0.416 e. The molecule has 0 saturated heterocycles. The van der Waals surface area contributed by atoms with Crippen LogP contribution in [0.1, 0.15) is 5.56 Å². The highest BCUT2D eigenvalue weighted by Gasteiger charge is 2.31. The van der Waals surface area contributed by atoms with Crippen LogP contribution in [0.2, 0.25) is 5.02 Å². The molecule has 3 nitrogen and oxygen atoms in total. The molecule has 2 rings (SSSR count). The summed E-state index contributed by atoms with van der Waals surface area (Å²) in [5.74, 6) is 0.0976. The topological polar surface area (TPSA) is 43.8 Å². The molecule has 0 atom stereocenters. The fraction of sp³-hybridized carbons (Fsp3) is 0.100. The Morgan fingerprint density at radius 2 is 1.94 bits per heavy atom. The van der Waals surface area contributed by atoms with Crippen LogP contribution in [0.5, 0.6) is 0 Å². The first-order chi connectivity index (χ1) is 7.88. The van der Waals surface area contributed by atoms with Gasteiger partial charge in [-0.25, -0.2) is 4.98 Å². The van der Waals surface area contributed by atoms with Crippen molar-refractivity contribution in [2.24, 2.45) is 0 Å². The van der Waals surface area contributed by atoms with Gasteiger partial charge in [0.1, 0.15) is 0 Å². The number of imidazole rings is 1. The van der Waals surface area contributed by atoms with Gasteiger partial charge in [0.2, 0.25) is 5.95 Å². The minimum absolute atomic E-state index is 0.0112. The lowest BCUT2D eigenvalue weighted by Crippen LogP contribution is -2.07. The second-order valence-corrected chi connectivity index (χ2v) is 3.79. The van der Waals surface area contributed by atoms with Gasteiger partial charge in [0.05, 0.1) is 11.3 Å². The smallest absolute Gasteiger partial charge is 0.369 e. The highest BCUT2D eigenvalue weighted by Crippen LogP contribution is 2.33. The highest BCUT2D eigenvalue weighted by molar-refractivity contribution is 6.30. The Labute approximate surface area is 99.6 Å². The van der Waals surface area contributed by atoms with Crippen molar-refractivity contribution in [1.82, 2.24) is 9.55 Å². The van der Waals surface area contributed by atoms with Gasteiger partial charge >= 0.3 is 6.18 Å². The van der Waals surface area contributed by atoms with E-state index in [9.17, 15) is 13.2 Å². The molecular weight excluding hydrogens is 255 g/mol. The van der Waals surface area contributed by atoms with Crippen LogP contribution >= 0.6 is 11.6 Å². The molecule has 1 aromatic carbocycles. The molecule has 0 amide bonds. The molecule has 0 unspecified atom stereocenters. The van der Waals surface area contributed by atoms with E-state index in [1.54, 1.807) is 0 Å². The molecule has 0 bridgehead atoms. The average molecular weight is 262 g/mol. The predicted octanol–water partition coefficient (Wildman–Crippen LogP) is 3.13. The van der Waals surface area contributed by atoms with Crippen molar-refractivity contribution in [1.29, 1.82) is 0 Å². The number of nitrogens with two attached hydrogens (primary N) is 1. The summed E-state index contributed by atoms with van der Waals surface area (Å²) in [6.07, 6.45) is -1.60. The van der Waals surface area contributed by atoms with Gasteiger partial charge < -0.3 is 5.73 Å². The van der Waals surface area contributed by atoms with Gasteiger partial charge in [-0.3, -0.25) is 4.57 Å². The van der Waals surface area contributed by atoms with E-state index in [1.807, 2.05) is 0 Å². The van der Waals surface area contributed by atoms with Gasteiger partial charge in [-0.15, -0.1) is 0 Å². The number of halogens is 4. The molecule has 17 heavy (non-hydrogen) atoms. The van der Waals surface area contributed by atoms with Crippen LogP contribution in [0, 0.1) is 0 Å². The maximum absolute atomic E-state index is 12.6. The van der Waals surface area contributed by atoms with E-state index in [4.69, 9.17) is 17.3 Å². The van der Waals surface area contributed by atoms with Crippen molar-refractivity contribution in [2.45, 2.75) is 6.18 Å². The van der Waals surface area contributed by atoms with E-state index in [-0.39, 0.29) is 16.7 Å². The summed E-state index contributed by atoms with van der Waals surface area (Å²) in [4.78, 5) is 3.73. The number of hydrogen-bond donors (Lipinski definition) is 1. The summed E-state index contributed by atoms with van der Waals surface area (Å²) >= 11 is 5.65. The van der Waals surface area contributed by atoms with Gasteiger partial charge in [0.25, 0.3) is 0 Å². The van der Waals surface area contributed by atoms with Crippen molar-refractivity contribution >= 4 is 17.5 Å². The zero-order valence-electron chi connectivity index (χ0n) is 8.37. The van der Waals surface area contributed by atoms with E-state index in [2.05, 4.69) is 4.98 Å². The Bertz CT molecular complexity index is 548. The molecule has 1 aromatic heterocycles. The van der Waals surface area contributed by atoms with Gasteiger partial charge in [-0.2, -0.15) is 13.2 Å². The SMILES string of the molecule is Nc1nccn1-c1cc(Cl)cc(C(F)(F)F)c1. The monoisotopic (exact) mass is 261 g/mol. The van der Waals surface area contributed by atoms with Gasteiger partial charge in [0, 0.05) is 17.4 Å². The molecule has 0 radical (unpaired) electrons. The minimum atomic E-state index is -4.45. The molecule has 0 saturated carbocycles. The zero-order valence-corrected chi connectivity index (χ0v) is 9.13. The first-order valence-electron chi connectivity index (χ1n) is 4.55. The molecule has 0 aliphatic heterocycles. The van der Waals surface area contributed by atoms with Crippen LogP contribution in [0.4, 0.5) is 19.1 Å². The number of benzene rings is 1. The standard InChI is InChI=1S/C10H7ClF3N3/c11-7-3-6(10(12,13)14)4-8(5-7)17-2-1-16-9(17)15/h1-5H,(H2,15,16). The van der Waals surface area contributed by atoms with Gasteiger partial charge in [-0.1, -0.05) is 11.6 Å². The van der Waals surface area contributed by atoms with Crippen molar-refractivity contribution in [3.63, 3.8) is 0 Å². The third-order valence-corrected chi connectivity index (χ3v) is 2.38. The molecule has 2 N–H and O–H groups in total. The lowest BCUT2D eigenvalue weighted by Gasteiger charge is -2.11. The summed E-state index contributed by atoms with van der Waals surface area (Å²) in [7, 11) is 0. The van der Waals surface area contributed by atoms with E-state index in [0.29, 0.717) is 0 Å². The van der Waals surface area contributed by atoms with Crippen molar-refractivity contribution in [3.8, 4) is 5.69 Å². The summed E-state index contributed by atoms with van der Waals surface area (Å²) in [6.45, 7) is 0. The summed E-state index contributed by atoms with van der Waals surface area (Å²) in [5, 5.41) is -0.0112. The lowest BCUT2D eigenvalue weighted by molar-refractivity contribution is -0.137. The lowest BCUT2D eigenvalue weighted by atomic mass is 10.2. The Kier molecular flexibility index (Phi) is 2.74. The van der Waals surface area contributed by atoms with Crippen LogP contribution in [-0.2, 0) is 6.18 Å². The van der Waals surface area contributed by atoms with E-state index in [1.165, 1.54) is 23.0 Å². The largest absolute Gasteiger partial charge is 0.416 e. The van der Waals surface area contributed by atoms with Gasteiger partial charge in [0.15, 0.2) is 0 Å². The second-order valence-electron chi connectivity index (χ2n) is 3.35. The van der Waals surface area contributed by atoms with Crippen molar-refractivity contribution < 1.29 is 13.2 Å². The zero-order chi connectivity index (χ0) is 12.6. The summed E-state index contributed by atoms with van der Waals surface area (Å²) in [6, 6.07) is 3.21. The summed E-state index contributed by atoms with van der Waals surface area (Å²) in [5.41, 5.74) is 4.91.